The van der Waals surface area contributed by atoms with Gasteiger partial charge in [-0.25, -0.2) is 19.9 Å². The number of aromatic nitrogens is 5. The fourth-order valence-corrected chi connectivity index (χ4v) is 3.81. The van der Waals surface area contributed by atoms with Crippen LogP contribution in [0.5, 0.6) is 0 Å². The number of carbonyl (C=O) groups excluding carboxylic acids is 2. The fourth-order valence-electron chi connectivity index (χ4n) is 2.79. The Morgan fingerprint density at radius 3 is 2.64 bits per heavy atom. The summed E-state index contributed by atoms with van der Waals surface area (Å²) in [5, 5.41) is 4.85. The van der Waals surface area contributed by atoms with E-state index in [9.17, 15) is 22.8 Å². The second-order valence-corrected chi connectivity index (χ2v) is 8.22. The predicted molar refractivity (Wildman–Crippen MR) is 114 cm³/mol. The van der Waals surface area contributed by atoms with Gasteiger partial charge < -0.3 is 15.6 Å². The number of fused-ring (bicyclic) bond motifs is 1. The summed E-state index contributed by atoms with van der Waals surface area (Å²) >= 11 is 6.50. The monoisotopic (exact) mass is 495 g/mol. The molecule has 33 heavy (non-hydrogen) atoms. The van der Waals surface area contributed by atoms with Gasteiger partial charge in [0.15, 0.2) is 0 Å². The van der Waals surface area contributed by atoms with Crippen LogP contribution in [0.1, 0.15) is 43.7 Å². The van der Waals surface area contributed by atoms with Crippen molar-refractivity contribution in [1.82, 2.24) is 30.2 Å². The first-order chi connectivity index (χ1) is 15.6. The maximum absolute atomic E-state index is 13.0. The number of imidazole rings is 1. The summed E-state index contributed by atoms with van der Waals surface area (Å²) in [4.78, 5) is 43.9. The van der Waals surface area contributed by atoms with E-state index in [1.165, 1.54) is 24.8 Å². The third-order valence-electron chi connectivity index (χ3n) is 4.41. The van der Waals surface area contributed by atoms with Gasteiger partial charge in [0.05, 0.1) is 46.4 Å². The van der Waals surface area contributed by atoms with E-state index in [-0.39, 0.29) is 16.4 Å². The second kappa shape index (κ2) is 8.75. The van der Waals surface area contributed by atoms with Crippen molar-refractivity contribution in [2.75, 3.05) is 5.32 Å². The summed E-state index contributed by atoms with van der Waals surface area (Å²) in [5.41, 5.74) is 0.316. The Labute approximate surface area is 192 Å². The number of hydrogen-bond acceptors (Lipinski definition) is 7. The first-order valence-electron chi connectivity index (χ1n) is 9.21. The molecule has 3 N–H and O–H groups in total. The predicted octanol–water partition coefficient (Wildman–Crippen LogP) is 4.22. The Kier molecular flexibility index (Phi) is 5.99. The van der Waals surface area contributed by atoms with Gasteiger partial charge in [0.1, 0.15) is 21.4 Å². The van der Waals surface area contributed by atoms with Crippen LogP contribution in [-0.2, 0) is 6.18 Å². The van der Waals surface area contributed by atoms with E-state index in [0.717, 1.165) is 17.5 Å². The largest absolute Gasteiger partial charge is 0.418 e. The minimum Gasteiger partial charge on any atom is -0.343 e. The Morgan fingerprint density at radius 1 is 1.09 bits per heavy atom. The Balaban J connectivity index is 1.43. The van der Waals surface area contributed by atoms with E-state index in [2.05, 4.69) is 35.6 Å². The van der Waals surface area contributed by atoms with Crippen molar-refractivity contribution in [2.45, 2.75) is 19.1 Å². The van der Waals surface area contributed by atoms with Gasteiger partial charge >= 0.3 is 6.18 Å². The lowest BCUT2D eigenvalue weighted by Crippen LogP contribution is -2.27. The number of aromatic amines is 1. The number of nitrogens with one attached hydrogen (secondary N) is 3. The molecule has 0 spiro atoms. The Hall–Kier alpha value is -3.58. The molecule has 0 aromatic carbocycles. The lowest BCUT2D eigenvalue weighted by molar-refractivity contribution is -0.137. The van der Waals surface area contributed by atoms with Gasteiger partial charge in [-0.15, -0.1) is 11.3 Å². The summed E-state index contributed by atoms with van der Waals surface area (Å²) in [5.74, 6) is -1.47. The van der Waals surface area contributed by atoms with Crippen molar-refractivity contribution in [1.29, 1.82) is 0 Å². The normalized spacial score (nSPS) is 12.5. The molecule has 0 saturated heterocycles. The van der Waals surface area contributed by atoms with Gasteiger partial charge in [-0.3, -0.25) is 9.59 Å². The number of halogens is 4. The molecule has 4 aromatic heterocycles. The SMILES string of the molecule is C[C@@H](NC(=O)c1cc2nc[nH]c2cn1)c1ncc(C(=O)Nc2cc(C(F)(F)F)c(Cl)cn2)s1. The maximum Gasteiger partial charge on any atom is 0.418 e. The molecule has 4 rings (SSSR count). The number of alkyl halides is 3. The molecule has 0 aliphatic rings. The minimum absolute atomic E-state index is 0.118. The van der Waals surface area contributed by atoms with E-state index >= 15 is 0 Å². The van der Waals surface area contributed by atoms with E-state index < -0.39 is 34.6 Å². The van der Waals surface area contributed by atoms with Crippen molar-refractivity contribution < 1.29 is 22.8 Å². The summed E-state index contributed by atoms with van der Waals surface area (Å²) in [6.45, 7) is 1.67. The van der Waals surface area contributed by atoms with E-state index in [0.29, 0.717) is 22.1 Å². The van der Waals surface area contributed by atoms with Gasteiger partial charge in [-0.2, -0.15) is 13.2 Å². The molecule has 0 bridgehead atoms. The van der Waals surface area contributed by atoms with Crippen LogP contribution in [0, 0.1) is 0 Å². The van der Waals surface area contributed by atoms with Crippen molar-refractivity contribution in [3.8, 4) is 0 Å². The molecule has 9 nitrogen and oxygen atoms in total. The summed E-state index contributed by atoms with van der Waals surface area (Å²) in [6.07, 6.45) is 0.350. The molecule has 0 aliphatic heterocycles. The zero-order valence-electron chi connectivity index (χ0n) is 16.6. The number of H-pyrrole nitrogens is 1. The number of nitrogens with zero attached hydrogens (tertiary/aromatic N) is 4. The van der Waals surface area contributed by atoms with Gasteiger partial charge in [0, 0.05) is 6.20 Å². The van der Waals surface area contributed by atoms with Crippen LogP contribution in [0.2, 0.25) is 5.02 Å². The lowest BCUT2D eigenvalue weighted by Gasteiger charge is -2.11. The van der Waals surface area contributed by atoms with E-state index in [4.69, 9.17) is 11.6 Å². The van der Waals surface area contributed by atoms with Gasteiger partial charge in [0.2, 0.25) is 0 Å². The van der Waals surface area contributed by atoms with Crippen molar-refractivity contribution in [2.24, 2.45) is 0 Å². The van der Waals surface area contributed by atoms with Crippen LogP contribution in [0.3, 0.4) is 0 Å². The van der Waals surface area contributed by atoms with Crippen LogP contribution in [0.15, 0.2) is 37.1 Å². The highest BCUT2D eigenvalue weighted by Crippen LogP contribution is 2.35. The van der Waals surface area contributed by atoms with Crippen molar-refractivity contribution >= 4 is 51.6 Å². The molecule has 1 atom stereocenters. The average molecular weight is 496 g/mol. The molecule has 4 aromatic rings. The molecule has 0 unspecified atom stereocenters. The van der Waals surface area contributed by atoms with Crippen LogP contribution < -0.4 is 10.6 Å². The number of hydrogen-bond donors (Lipinski definition) is 3. The van der Waals surface area contributed by atoms with Gasteiger partial charge in [-0.1, -0.05) is 11.6 Å². The minimum atomic E-state index is -4.69. The molecular formula is C19H13ClF3N7O2S. The zero-order chi connectivity index (χ0) is 23.8. The molecule has 0 radical (unpaired) electrons. The number of anilines is 1. The number of carbonyl (C=O) groups is 2. The number of amides is 2. The summed E-state index contributed by atoms with van der Waals surface area (Å²) < 4.78 is 39.0. The molecule has 0 fully saturated rings. The standard InChI is InChI=1S/C19H13ClF3N7O2S/c1-8(29-16(31)12-3-11-13(5-24-12)28-7-27-11)18-26-6-14(33-18)17(32)30-15-2-9(19(21,22)23)10(20)4-25-15/h2-8H,1H3,(H,27,28)(H,29,31)(H,25,30,32)/t8-/m1/s1. The van der Waals surface area contributed by atoms with Gasteiger partial charge in [-0.05, 0) is 19.1 Å². The van der Waals surface area contributed by atoms with Crippen LogP contribution in [-0.4, -0.2) is 36.7 Å². The molecule has 0 saturated carbocycles. The zero-order valence-corrected chi connectivity index (χ0v) is 18.1. The molecule has 4 heterocycles. The second-order valence-electron chi connectivity index (χ2n) is 6.75. The topological polar surface area (TPSA) is 126 Å². The first-order valence-corrected chi connectivity index (χ1v) is 10.4. The molecule has 0 aliphatic carbocycles. The molecule has 14 heteroatoms. The van der Waals surface area contributed by atoms with Crippen LogP contribution in [0.4, 0.5) is 19.0 Å². The molecule has 2 amide bonds. The highest BCUT2D eigenvalue weighted by Gasteiger charge is 2.34. The third-order valence-corrected chi connectivity index (χ3v) is 5.89. The number of thiazole rings is 1. The van der Waals surface area contributed by atoms with E-state index in [1.54, 1.807) is 6.92 Å². The number of rotatable bonds is 5. The van der Waals surface area contributed by atoms with Gasteiger partial charge in [0.25, 0.3) is 11.8 Å². The number of pyridine rings is 2. The average Bonchev–Trinajstić information content (AvgIpc) is 3.43. The smallest absolute Gasteiger partial charge is 0.343 e. The van der Waals surface area contributed by atoms with Crippen LogP contribution in [0.25, 0.3) is 11.0 Å². The first kappa shape index (κ1) is 22.6. The molecular weight excluding hydrogens is 483 g/mol. The van der Waals surface area contributed by atoms with Crippen molar-refractivity contribution in [3.63, 3.8) is 0 Å². The lowest BCUT2D eigenvalue weighted by atomic mass is 10.2. The summed E-state index contributed by atoms with van der Waals surface area (Å²) in [7, 11) is 0. The molecule has 170 valence electrons. The maximum atomic E-state index is 13.0. The Bertz CT molecular complexity index is 1350. The Morgan fingerprint density at radius 2 is 1.88 bits per heavy atom. The van der Waals surface area contributed by atoms with E-state index in [1.807, 2.05) is 0 Å². The highest BCUT2D eigenvalue weighted by atomic mass is 35.5. The summed E-state index contributed by atoms with van der Waals surface area (Å²) in [6, 6.07) is 1.61. The third kappa shape index (κ3) is 4.93. The van der Waals surface area contributed by atoms with Crippen LogP contribution >= 0.6 is 22.9 Å². The quantitative estimate of drug-likeness (QED) is 0.380. The highest BCUT2D eigenvalue weighted by molar-refractivity contribution is 7.13. The van der Waals surface area contributed by atoms with Crippen molar-refractivity contribution in [3.05, 3.63) is 63.2 Å². The fraction of sp³-hybridized carbons (Fsp3) is 0.158.